The third kappa shape index (κ3) is 4.27. The van der Waals surface area contributed by atoms with Gasteiger partial charge >= 0.3 is 11.8 Å². The molecule has 0 saturated heterocycles. The van der Waals surface area contributed by atoms with Crippen molar-refractivity contribution in [3.63, 3.8) is 0 Å². The molecule has 8 heteroatoms. The number of nitrogens with two attached hydrogens (primary N) is 1. The molecular weight excluding hydrogens is 290 g/mol. The fraction of sp³-hybridized carbons (Fsp3) is 0.357. The van der Waals surface area contributed by atoms with Crippen LogP contribution in [0.2, 0.25) is 0 Å². The number of nitrogen functional groups attached to an aromatic ring is 1. The molecule has 0 heterocycles. The highest BCUT2D eigenvalue weighted by Gasteiger charge is 2.30. The second-order valence-corrected chi connectivity index (χ2v) is 4.49. The lowest BCUT2D eigenvalue weighted by Crippen LogP contribution is -2.48. The minimum absolute atomic E-state index is 0.112. The van der Waals surface area contributed by atoms with Crippen molar-refractivity contribution in [2.75, 3.05) is 36.9 Å². The Labute approximate surface area is 127 Å². The Kier molecular flexibility index (Phi) is 6.48. The molecule has 0 fully saturated rings. The topological polar surface area (TPSA) is 124 Å². The van der Waals surface area contributed by atoms with Crippen LogP contribution in [0.5, 0.6) is 0 Å². The zero-order valence-electron chi connectivity index (χ0n) is 12.2. The van der Waals surface area contributed by atoms with E-state index in [1.807, 2.05) is 0 Å². The number of aliphatic hydroxyl groups excluding tert-OH is 2. The number of nitrogens with zero attached hydrogens (tertiary/aromatic N) is 2. The van der Waals surface area contributed by atoms with Crippen LogP contribution in [0.25, 0.3) is 0 Å². The van der Waals surface area contributed by atoms with E-state index in [2.05, 4.69) is 0 Å². The van der Waals surface area contributed by atoms with Crippen molar-refractivity contribution >= 4 is 29.1 Å². The molecule has 0 radical (unpaired) electrons. The number of amides is 3. The Morgan fingerprint density at radius 3 is 1.91 bits per heavy atom. The van der Waals surface area contributed by atoms with Gasteiger partial charge in [-0.15, -0.1) is 0 Å². The second kappa shape index (κ2) is 8.11. The Hall–Kier alpha value is -2.45. The van der Waals surface area contributed by atoms with Gasteiger partial charge in [0.05, 0.1) is 18.9 Å². The molecule has 120 valence electrons. The zero-order valence-corrected chi connectivity index (χ0v) is 12.2. The lowest BCUT2D eigenvalue weighted by atomic mass is 10.2. The minimum Gasteiger partial charge on any atom is -0.399 e. The number of imide groups is 1. The summed E-state index contributed by atoms with van der Waals surface area (Å²) in [6.45, 7) is 0.211. The maximum atomic E-state index is 12.3. The van der Waals surface area contributed by atoms with E-state index in [1.165, 1.54) is 24.3 Å². The van der Waals surface area contributed by atoms with Crippen LogP contribution in [-0.4, -0.2) is 59.1 Å². The third-order valence-corrected chi connectivity index (χ3v) is 2.88. The van der Waals surface area contributed by atoms with Gasteiger partial charge in [-0.1, -0.05) is 0 Å². The van der Waals surface area contributed by atoms with Crippen molar-refractivity contribution in [1.82, 2.24) is 4.90 Å². The number of hydrogen-bond donors (Lipinski definition) is 3. The fourth-order valence-corrected chi connectivity index (χ4v) is 1.85. The molecule has 0 aliphatic heterocycles. The summed E-state index contributed by atoms with van der Waals surface area (Å²) < 4.78 is 0. The summed E-state index contributed by atoms with van der Waals surface area (Å²) in [6.07, 6.45) is 0. The average Bonchev–Trinajstić information content (AvgIpc) is 2.48. The highest BCUT2D eigenvalue weighted by atomic mass is 16.3. The molecule has 0 atom stereocenters. The molecule has 1 aromatic carbocycles. The molecule has 4 N–H and O–H groups in total. The van der Waals surface area contributed by atoms with Crippen molar-refractivity contribution < 1.29 is 24.6 Å². The Balaban J connectivity index is 3.04. The number of benzene rings is 1. The number of carbonyl (C=O) groups is 3. The van der Waals surface area contributed by atoms with Gasteiger partial charge in [-0.05, 0) is 24.3 Å². The van der Waals surface area contributed by atoms with Gasteiger partial charge in [-0.25, -0.2) is 4.90 Å². The van der Waals surface area contributed by atoms with E-state index in [-0.39, 0.29) is 32.0 Å². The van der Waals surface area contributed by atoms with E-state index in [4.69, 9.17) is 15.9 Å². The van der Waals surface area contributed by atoms with E-state index >= 15 is 0 Å². The molecule has 22 heavy (non-hydrogen) atoms. The predicted molar refractivity (Wildman–Crippen MR) is 79.8 cm³/mol. The van der Waals surface area contributed by atoms with Crippen molar-refractivity contribution in [2.24, 2.45) is 0 Å². The van der Waals surface area contributed by atoms with Crippen LogP contribution in [0.1, 0.15) is 6.92 Å². The summed E-state index contributed by atoms with van der Waals surface area (Å²) in [5.74, 6) is -2.66. The summed E-state index contributed by atoms with van der Waals surface area (Å²) in [4.78, 5) is 37.9. The molecule has 0 aromatic heterocycles. The Morgan fingerprint density at radius 2 is 1.50 bits per heavy atom. The van der Waals surface area contributed by atoms with Crippen molar-refractivity contribution in [2.45, 2.75) is 6.92 Å². The fourth-order valence-electron chi connectivity index (χ4n) is 1.85. The van der Waals surface area contributed by atoms with Crippen LogP contribution >= 0.6 is 0 Å². The van der Waals surface area contributed by atoms with Gasteiger partial charge in [0.25, 0.3) is 0 Å². The van der Waals surface area contributed by atoms with Gasteiger partial charge < -0.3 is 20.8 Å². The van der Waals surface area contributed by atoms with Crippen LogP contribution < -0.4 is 10.6 Å². The Bertz CT molecular complexity index is 538. The summed E-state index contributed by atoms with van der Waals surface area (Å²) >= 11 is 0. The monoisotopic (exact) mass is 309 g/mol. The normalized spacial score (nSPS) is 10.1. The largest absolute Gasteiger partial charge is 0.399 e. The summed E-state index contributed by atoms with van der Waals surface area (Å²) in [5.41, 5.74) is 6.21. The number of aliphatic hydroxyl groups is 2. The SMILES string of the molecule is CC(=O)N(C(=O)C(=O)N(CCO)CCO)c1ccc(N)cc1. The van der Waals surface area contributed by atoms with Gasteiger partial charge in [0.2, 0.25) is 5.91 Å². The summed E-state index contributed by atoms with van der Waals surface area (Å²) in [7, 11) is 0. The first-order chi connectivity index (χ1) is 10.4. The van der Waals surface area contributed by atoms with E-state index < -0.39 is 17.7 Å². The standard InChI is InChI=1S/C14H19N3O5/c1-10(20)17(12-4-2-11(15)3-5-12)14(22)13(21)16(6-8-18)7-9-19/h2-5,18-19H,6-9,15H2,1H3. The minimum atomic E-state index is -1.06. The van der Waals surface area contributed by atoms with Gasteiger partial charge in [0.1, 0.15) is 0 Å². The molecule has 0 saturated carbocycles. The molecule has 8 nitrogen and oxygen atoms in total. The number of anilines is 2. The van der Waals surface area contributed by atoms with Crippen molar-refractivity contribution in [1.29, 1.82) is 0 Å². The quantitative estimate of drug-likeness (QED) is 0.471. The van der Waals surface area contributed by atoms with E-state index in [9.17, 15) is 14.4 Å². The number of hydrogen-bond acceptors (Lipinski definition) is 6. The predicted octanol–water partition coefficient (Wildman–Crippen LogP) is -1.04. The summed E-state index contributed by atoms with van der Waals surface area (Å²) in [6, 6.07) is 5.90. The molecule has 1 aromatic rings. The molecule has 0 aliphatic rings. The first-order valence-electron chi connectivity index (χ1n) is 6.63. The van der Waals surface area contributed by atoms with Gasteiger partial charge in [-0.2, -0.15) is 0 Å². The molecule has 0 unspecified atom stereocenters. The lowest BCUT2D eigenvalue weighted by molar-refractivity contribution is -0.146. The highest BCUT2D eigenvalue weighted by Crippen LogP contribution is 2.17. The van der Waals surface area contributed by atoms with E-state index in [0.717, 1.165) is 16.7 Å². The first kappa shape index (κ1) is 17.6. The van der Waals surface area contributed by atoms with Crippen LogP contribution in [0, 0.1) is 0 Å². The number of carbonyl (C=O) groups excluding carboxylic acids is 3. The third-order valence-electron chi connectivity index (χ3n) is 2.88. The van der Waals surface area contributed by atoms with Gasteiger partial charge in [0.15, 0.2) is 0 Å². The van der Waals surface area contributed by atoms with Crippen LogP contribution in [0.4, 0.5) is 11.4 Å². The molecule has 0 aliphatic carbocycles. The molecule has 0 spiro atoms. The molecular formula is C14H19N3O5. The molecule has 1 rings (SSSR count). The first-order valence-corrected chi connectivity index (χ1v) is 6.63. The zero-order chi connectivity index (χ0) is 16.7. The maximum Gasteiger partial charge on any atom is 0.323 e. The maximum absolute atomic E-state index is 12.3. The molecule has 3 amide bonds. The average molecular weight is 309 g/mol. The smallest absolute Gasteiger partial charge is 0.323 e. The number of rotatable bonds is 5. The summed E-state index contributed by atoms with van der Waals surface area (Å²) in [5, 5.41) is 17.8. The van der Waals surface area contributed by atoms with E-state index in [0.29, 0.717) is 5.69 Å². The van der Waals surface area contributed by atoms with Gasteiger partial charge in [0, 0.05) is 25.7 Å². The lowest BCUT2D eigenvalue weighted by Gasteiger charge is -2.24. The van der Waals surface area contributed by atoms with Crippen LogP contribution in [0.15, 0.2) is 24.3 Å². The van der Waals surface area contributed by atoms with Gasteiger partial charge in [-0.3, -0.25) is 14.4 Å². The second-order valence-electron chi connectivity index (χ2n) is 4.49. The van der Waals surface area contributed by atoms with Crippen LogP contribution in [0.3, 0.4) is 0 Å². The Morgan fingerprint density at radius 1 is 1.00 bits per heavy atom. The van der Waals surface area contributed by atoms with Crippen LogP contribution in [-0.2, 0) is 14.4 Å². The molecule has 0 bridgehead atoms. The van der Waals surface area contributed by atoms with Crippen molar-refractivity contribution in [3.8, 4) is 0 Å². The van der Waals surface area contributed by atoms with E-state index in [1.54, 1.807) is 0 Å². The highest BCUT2D eigenvalue weighted by molar-refractivity contribution is 6.45. The van der Waals surface area contributed by atoms with Crippen molar-refractivity contribution in [3.05, 3.63) is 24.3 Å².